The normalized spacial score (nSPS) is 33.5. The van der Waals surface area contributed by atoms with Gasteiger partial charge in [-0.1, -0.05) is 32.1 Å². The van der Waals surface area contributed by atoms with E-state index in [0.29, 0.717) is 0 Å². The second kappa shape index (κ2) is 5.34. The van der Waals surface area contributed by atoms with Crippen LogP contribution in [0.5, 0.6) is 0 Å². The standard InChI is InChI=1S/C17H27N/c1-12-7-6-10-18(5)15(4)17(12)9-8-16-13(2)11-14(16)3/h7-9,13-14,16H,6,10-11H2,1-5H3/b9-8-. The molecule has 1 nitrogen and oxygen atoms in total. The average molecular weight is 245 g/mol. The van der Waals surface area contributed by atoms with Crippen LogP contribution in [0.4, 0.5) is 0 Å². The van der Waals surface area contributed by atoms with Crippen molar-refractivity contribution < 1.29 is 0 Å². The van der Waals surface area contributed by atoms with Crippen LogP contribution < -0.4 is 0 Å². The minimum Gasteiger partial charge on any atom is -0.377 e. The molecule has 0 N–H and O–H groups in total. The molecule has 0 aromatic rings. The first kappa shape index (κ1) is 13.5. The van der Waals surface area contributed by atoms with Crippen molar-refractivity contribution >= 4 is 0 Å². The molecule has 1 heterocycles. The fourth-order valence-corrected chi connectivity index (χ4v) is 3.35. The lowest BCUT2D eigenvalue weighted by molar-refractivity contribution is 0.148. The lowest BCUT2D eigenvalue weighted by Gasteiger charge is -2.39. The second-order valence-corrected chi connectivity index (χ2v) is 6.22. The second-order valence-electron chi connectivity index (χ2n) is 6.22. The van der Waals surface area contributed by atoms with E-state index in [4.69, 9.17) is 0 Å². The molecular weight excluding hydrogens is 218 g/mol. The first-order chi connectivity index (χ1) is 8.50. The molecule has 2 unspecified atom stereocenters. The van der Waals surface area contributed by atoms with Gasteiger partial charge < -0.3 is 4.90 Å². The molecule has 18 heavy (non-hydrogen) atoms. The Kier molecular flexibility index (Phi) is 3.99. The van der Waals surface area contributed by atoms with Gasteiger partial charge in [0, 0.05) is 19.3 Å². The van der Waals surface area contributed by atoms with Crippen molar-refractivity contribution in [3.05, 3.63) is 35.1 Å². The third-order valence-electron chi connectivity index (χ3n) is 4.85. The molecule has 100 valence electrons. The van der Waals surface area contributed by atoms with Gasteiger partial charge in [-0.15, -0.1) is 0 Å². The lowest BCUT2D eigenvalue weighted by Crippen LogP contribution is -2.31. The van der Waals surface area contributed by atoms with E-state index in [9.17, 15) is 0 Å². The minimum atomic E-state index is 0.784. The van der Waals surface area contributed by atoms with Crippen molar-refractivity contribution in [2.45, 2.75) is 40.5 Å². The van der Waals surface area contributed by atoms with Gasteiger partial charge in [-0.25, -0.2) is 0 Å². The summed E-state index contributed by atoms with van der Waals surface area (Å²) in [6.45, 7) is 10.4. The Morgan fingerprint density at radius 1 is 1.22 bits per heavy atom. The molecule has 2 rings (SSSR count). The van der Waals surface area contributed by atoms with Gasteiger partial charge in [0.2, 0.25) is 0 Å². The van der Waals surface area contributed by atoms with E-state index < -0.39 is 0 Å². The number of allylic oxidation sites excluding steroid dienone is 5. The van der Waals surface area contributed by atoms with Gasteiger partial charge >= 0.3 is 0 Å². The van der Waals surface area contributed by atoms with Crippen molar-refractivity contribution in [3.63, 3.8) is 0 Å². The molecule has 1 saturated carbocycles. The summed E-state index contributed by atoms with van der Waals surface area (Å²) in [4.78, 5) is 2.38. The van der Waals surface area contributed by atoms with Crippen molar-refractivity contribution in [1.29, 1.82) is 0 Å². The molecular formula is C17H27N. The number of nitrogens with zero attached hydrogens (tertiary/aromatic N) is 1. The largest absolute Gasteiger partial charge is 0.377 e. The molecule has 0 spiro atoms. The van der Waals surface area contributed by atoms with Crippen molar-refractivity contribution in [3.8, 4) is 0 Å². The first-order valence-electron chi connectivity index (χ1n) is 7.28. The Balaban J connectivity index is 2.19. The van der Waals surface area contributed by atoms with Crippen molar-refractivity contribution in [2.75, 3.05) is 13.6 Å². The maximum Gasteiger partial charge on any atom is 0.0206 e. The maximum absolute atomic E-state index is 2.45. The molecule has 0 radical (unpaired) electrons. The number of hydrogen-bond acceptors (Lipinski definition) is 1. The van der Waals surface area contributed by atoms with E-state index in [0.717, 1.165) is 30.7 Å². The van der Waals surface area contributed by atoms with Crippen LogP contribution in [-0.4, -0.2) is 18.5 Å². The molecule has 2 aliphatic rings. The highest BCUT2D eigenvalue weighted by molar-refractivity contribution is 5.42. The summed E-state index contributed by atoms with van der Waals surface area (Å²) in [5, 5.41) is 0. The van der Waals surface area contributed by atoms with E-state index in [1.54, 1.807) is 0 Å². The Morgan fingerprint density at radius 3 is 2.50 bits per heavy atom. The molecule has 0 amide bonds. The van der Waals surface area contributed by atoms with Gasteiger partial charge in [0.15, 0.2) is 0 Å². The van der Waals surface area contributed by atoms with Gasteiger partial charge in [0.25, 0.3) is 0 Å². The van der Waals surface area contributed by atoms with E-state index in [1.807, 2.05) is 0 Å². The van der Waals surface area contributed by atoms with E-state index in [-0.39, 0.29) is 0 Å². The first-order valence-corrected chi connectivity index (χ1v) is 7.28. The van der Waals surface area contributed by atoms with Crippen LogP contribution >= 0.6 is 0 Å². The SMILES string of the molecule is CC1=CCCN(C)C(C)=C1/C=C\C1C(C)CC1C. The molecule has 0 aromatic heterocycles. The summed E-state index contributed by atoms with van der Waals surface area (Å²) in [6.07, 6.45) is 9.75. The van der Waals surface area contributed by atoms with Crippen LogP contribution in [0.1, 0.15) is 40.5 Å². The fraction of sp³-hybridized carbons (Fsp3) is 0.647. The Hall–Kier alpha value is -0.980. The highest BCUT2D eigenvalue weighted by Crippen LogP contribution is 2.41. The van der Waals surface area contributed by atoms with Crippen LogP contribution in [-0.2, 0) is 0 Å². The van der Waals surface area contributed by atoms with E-state index in [1.165, 1.54) is 23.3 Å². The van der Waals surface area contributed by atoms with Gasteiger partial charge in [0.05, 0.1) is 0 Å². The third kappa shape index (κ3) is 2.55. The molecule has 2 atom stereocenters. The summed E-state index contributed by atoms with van der Waals surface area (Å²) in [5.74, 6) is 2.52. The van der Waals surface area contributed by atoms with Crippen LogP contribution in [0.25, 0.3) is 0 Å². The summed E-state index contributed by atoms with van der Waals surface area (Å²) in [6, 6.07) is 0. The molecule has 0 bridgehead atoms. The van der Waals surface area contributed by atoms with Gasteiger partial charge in [-0.3, -0.25) is 0 Å². The molecule has 1 aliphatic carbocycles. The number of rotatable bonds is 2. The quantitative estimate of drug-likeness (QED) is 0.697. The van der Waals surface area contributed by atoms with Gasteiger partial charge in [-0.2, -0.15) is 0 Å². The Morgan fingerprint density at radius 2 is 1.89 bits per heavy atom. The average Bonchev–Trinajstić information content (AvgIpc) is 2.43. The predicted molar refractivity (Wildman–Crippen MR) is 79.3 cm³/mol. The Labute approximate surface area is 112 Å². The minimum absolute atomic E-state index is 0.784. The van der Waals surface area contributed by atoms with Crippen LogP contribution in [0, 0.1) is 17.8 Å². The maximum atomic E-state index is 2.45. The van der Waals surface area contributed by atoms with Crippen molar-refractivity contribution in [2.24, 2.45) is 17.8 Å². The number of hydrogen-bond donors (Lipinski definition) is 0. The highest BCUT2D eigenvalue weighted by Gasteiger charge is 2.32. The fourth-order valence-electron chi connectivity index (χ4n) is 3.35. The van der Waals surface area contributed by atoms with Crippen LogP contribution in [0.2, 0.25) is 0 Å². The monoisotopic (exact) mass is 245 g/mol. The Bertz CT molecular complexity index is 392. The van der Waals surface area contributed by atoms with Crippen molar-refractivity contribution in [1.82, 2.24) is 4.90 Å². The molecule has 0 aromatic carbocycles. The third-order valence-corrected chi connectivity index (χ3v) is 4.85. The van der Waals surface area contributed by atoms with Gasteiger partial charge in [-0.05, 0) is 55.6 Å². The summed E-state index contributed by atoms with van der Waals surface area (Å²) >= 11 is 0. The topological polar surface area (TPSA) is 3.24 Å². The summed E-state index contributed by atoms with van der Waals surface area (Å²) in [7, 11) is 2.20. The summed E-state index contributed by atoms with van der Waals surface area (Å²) in [5.41, 5.74) is 4.28. The lowest BCUT2D eigenvalue weighted by atomic mass is 9.66. The van der Waals surface area contributed by atoms with Crippen LogP contribution in [0.15, 0.2) is 35.1 Å². The smallest absolute Gasteiger partial charge is 0.0206 e. The molecule has 1 aliphatic heterocycles. The van der Waals surface area contributed by atoms with Crippen LogP contribution in [0.3, 0.4) is 0 Å². The predicted octanol–water partition coefficient (Wildman–Crippen LogP) is 4.39. The van der Waals surface area contributed by atoms with E-state index in [2.05, 4.69) is 57.9 Å². The highest BCUT2D eigenvalue weighted by atomic mass is 15.1. The zero-order valence-corrected chi connectivity index (χ0v) is 12.5. The molecule has 1 fully saturated rings. The van der Waals surface area contributed by atoms with Gasteiger partial charge in [0.1, 0.15) is 0 Å². The zero-order chi connectivity index (χ0) is 13.3. The molecule has 1 heteroatoms. The molecule has 0 saturated heterocycles. The van der Waals surface area contributed by atoms with E-state index >= 15 is 0 Å². The summed E-state index contributed by atoms with van der Waals surface area (Å²) < 4.78 is 0. The zero-order valence-electron chi connectivity index (χ0n) is 12.5.